The Bertz CT molecular complexity index is 294. The highest BCUT2D eigenvalue weighted by Gasteiger charge is 2.34. The van der Waals surface area contributed by atoms with E-state index in [2.05, 4.69) is 5.32 Å². The number of nitrogens with zero attached hydrogens (tertiary/aromatic N) is 2. The molecule has 2 unspecified atom stereocenters. The molecule has 0 aliphatic carbocycles. The van der Waals surface area contributed by atoms with Gasteiger partial charge >= 0.3 is 0 Å². The van der Waals surface area contributed by atoms with Crippen LogP contribution in [0.25, 0.3) is 0 Å². The number of piperazine rings is 1. The van der Waals surface area contributed by atoms with Crippen molar-refractivity contribution in [1.82, 2.24) is 13.9 Å². The minimum absolute atomic E-state index is 0. The first-order valence-electron chi connectivity index (χ1n) is 4.80. The molecule has 2 atom stereocenters. The minimum atomic E-state index is -3.26. The Balaban J connectivity index is 0.00000196. The maximum absolute atomic E-state index is 11.9. The van der Waals surface area contributed by atoms with Crippen LogP contribution in [0.1, 0.15) is 13.8 Å². The van der Waals surface area contributed by atoms with Gasteiger partial charge in [-0.2, -0.15) is 17.0 Å². The van der Waals surface area contributed by atoms with E-state index in [-0.39, 0.29) is 24.5 Å². The first kappa shape index (κ1) is 15.1. The molecule has 0 aromatic rings. The molecule has 7 heteroatoms. The van der Waals surface area contributed by atoms with Crippen LogP contribution in [-0.4, -0.2) is 56.3 Å². The van der Waals surface area contributed by atoms with Crippen LogP contribution in [0.2, 0.25) is 0 Å². The van der Waals surface area contributed by atoms with E-state index in [9.17, 15) is 8.42 Å². The lowest BCUT2D eigenvalue weighted by Gasteiger charge is -2.38. The second kappa shape index (κ2) is 5.45. The average Bonchev–Trinajstić information content (AvgIpc) is 2.09. The van der Waals surface area contributed by atoms with Crippen LogP contribution in [-0.2, 0) is 10.2 Å². The van der Waals surface area contributed by atoms with Crippen LogP contribution in [0.4, 0.5) is 0 Å². The molecule has 1 aliphatic rings. The lowest BCUT2D eigenvalue weighted by atomic mass is 10.1. The summed E-state index contributed by atoms with van der Waals surface area (Å²) in [6.45, 7) is 5.20. The van der Waals surface area contributed by atoms with E-state index in [4.69, 9.17) is 0 Å². The van der Waals surface area contributed by atoms with Crippen molar-refractivity contribution >= 4 is 22.6 Å². The summed E-state index contributed by atoms with van der Waals surface area (Å²) in [6, 6.07) is 0.217. The molecule has 5 nitrogen and oxygen atoms in total. The van der Waals surface area contributed by atoms with Crippen molar-refractivity contribution in [2.24, 2.45) is 0 Å². The van der Waals surface area contributed by atoms with Gasteiger partial charge in [-0.3, -0.25) is 0 Å². The van der Waals surface area contributed by atoms with Gasteiger partial charge in [0.15, 0.2) is 0 Å². The standard InChI is InChI=1S/C8H19N3O2S.ClH/c1-7-8(2)11(6-5-9-7)14(12,13)10(3)4;/h7-9H,5-6H2,1-4H3;1H. The summed E-state index contributed by atoms with van der Waals surface area (Å²) in [5.74, 6) is 0. The minimum Gasteiger partial charge on any atom is -0.311 e. The zero-order chi connectivity index (χ0) is 10.9. The van der Waals surface area contributed by atoms with Crippen molar-refractivity contribution in [2.45, 2.75) is 25.9 Å². The summed E-state index contributed by atoms with van der Waals surface area (Å²) in [5.41, 5.74) is 0. The van der Waals surface area contributed by atoms with Gasteiger partial charge in [-0.25, -0.2) is 0 Å². The van der Waals surface area contributed by atoms with Gasteiger partial charge < -0.3 is 5.32 Å². The Morgan fingerprint density at radius 3 is 2.33 bits per heavy atom. The molecular weight excluding hydrogens is 238 g/mol. The summed E-state index contributed by atoms with van der Waals surface area (Å²) in [7, 11) is -0.127. The highest BCUT2D eigenvalue weighted by atomic mass is 35.5. The fourth-order valence-corrected chi connectivity index (χ4v) is 2.91. The van der Waals surface area contributed by atoms with Gasteiger partial charge in [0.25, 0.3) is 10.2 Å². The van der Waals surface area contributed by atoms with E-state index in [1.54, 1.807) is 18.4 Å². The molecular formula is C8H20ClN3O2S. The third kappa shape index (κ3) is 3.04. The van der Waals surface area contributed by atoms with Crippen molar-refractivity contribution in [1.29, 1.82) is 0 Å². The molecule has 1 aliphatic heterocycles. The molecule has 0 aromatic carbocycles. The molecule has 1 N–H and O–H groups in total. The molecule has 1 saturated heterocycles. The number of rotatable bonds is 2. The van der Waals surface area contributed by atoms with Crippen LogP contribution < -0.4 is 5.32 Å². The molecule has 1 heterocycles. The summed E-state index contributed by atoms with van der Waals surface area (Å²) < 4.78 is 26.5. The lowest BCUT2D eigenvalue weighted by Crippen LogP contribution is -2.59. The Morgan fingerprint density at radius 2 is 1.87 bits per heavy atom. The van der Waals surface area contributed by atoms with Crippen molar-refractivity contribution < 1.29 is 8.42 Å². The topological polar surface area (TPSA) is 52.7 Å². The zero-order valence-corrected chi connectivity index (χ0v) is 11.2. The first-order chi connectivity index (χ1) is 6.37. The SMILES string of the molecule is CC1NCCN(S(=O)(=O)N(C)C)C1C.Cl. The number of halogens is 1. The van der Waals surface area contributed by atoms with E-state index in [1.807, 2.05) is 13.8 Å². The fraction of sp³-hybridized carbons (Fsp3) is 1.00. The molecule has 15 heavy (non-hydrogen) atoms. The lowest BCUT2D eigenvalue weighted by molar-refractivity contribution is 0.222. The third-order valence-electron chi connectivity index (χ3n) is 2.73. The molecule has 0 saturated carbocycles. The van der Waals surface area contributed by atoms with E-state index >= 15 is 0 Å². The second-order valence-electron chi connectivity index (χ2n) is 3.88. The van der Waals surface area contributed by atoms with Gasteiger partial charge in [0.05, 0.1) is 0 Å². The van der Waals surface area contributed by atoms with Crippen LogP contribution in [0, 0.1) is 0 Å². The van der Waals surface area contributed by atoms with Crippen LogP contribution >= 0.6 is 12.4 Å². The number of hydrogen-bond acceptors (Lipinski definition) is 3. The summed E-state index contributed by atoms with van der Waals surface area (Å²) in [6.07, 6.45) is 0. The maximum Gasteiger partial charge on any atom is 0.281 e. The Morgan fingerprint density at radius 1 is 1.33 bits per heavy atom. The van der Waals surface area contributed by atoms with Crippen LogP contribution in [0.15, 0.2) is 0 Å². The van der Waals surface area contributed by atoms with E-state index in [0.717, 1.165) is 6.54 Å². The molecule has 0 spiro atoms. The van der Waals surface area contributed by atoms with Crippen molar-refractivity contribution in [3.63, 3.8) is 0 Å². The Labute approximate surface area is 98.4 Å². The predicted octanol–water partition coefficient (Wildman–Crippen LogP) is -0.103. The molecule has 0 radical (unpaired) electrons. The maximum atomic E-state index is 11.9. The average molecular weight is 258 g/mol. The molecule has 0 amide bonds. The van der Waals surface area contributed by atoms with E-state index in [0.29, 0.717) is 6.54 Å². The van der Waals surface area contributed by atoms with E-state index < -0.39 is 10.2 Å². The highest BCUT2D eigenvalue weighted by Crippen LogP contribution is 2.15. The molecule has 1 rings (SSSR count). The van der Waals surface area contributed by atoms with Gasteiger partial charge in [0, 0.05) is 39.3 Å². The molecule has 1 fully saturated rings. The zero-order valence-electron chi connectivity index (χ0n) is 9.60. The highest BCUT2D eigenvalue weighted by molar-refractivity contribution is 7.86. The molecule has 0 bridgehead atoms. The van der Waals surface area contributed by atoms with Gasteiger partial charge in [0.2, 0.25) is 0 Å². The first-order valence-corrected chi connectivity index (χ1v) is 6.19. The van der Waals surface area contributed by atoms with Crippen molar-refractivity contribution in [3.8, 4) is 0 Å². The smallest absolute Gasteiger partial charge is 0.281 e. The molecule has 0 aromatic heterocycles. The second-order valence-corrected chi connectivity index (χ2v) is 5.98. The largest absolute Gasteiger partial charge is 0.311 e. The Kier molecular flexibility index (Phi) is 5.49. The van der Waals surface area contributed by atoms with E-state index in [1.165, 1.54) is 4.31 Å². The Hall–Kier alpha value is 0.120. The summed E-state index contributed by atoms with van der Waals surface area (Å²) in [4.78, 5) is 0. The van der Waals surface area contributed by atoms with Gasteiger partial charge in [-0.1, -0.05) is 0 Å². The fourth-order valence-electron chi connectivity index (χ4n) is 1.56. The molecule has 92 valence electrons. The van der Waals surface area contributed by atoms with Crippen LogP contribution in [0.3, 0.4) is 0 Å². The summed E-state index contributed by atoms with van der Waals surface area (Å²) in [5, 5.41) is 3.25. The third-order valence-corrected chi connectivity index (χ3v) is 4.76. The van der Waals surface area contributed by atoms with Gasteiger partial charge in [-0.05, 0) is 13.8 Å². The van der Waals surface area contributed by atoms with Crippen molar-refractivity contribution in [3.05, 3.63) is 0 Å². The predicted molar refractivity (Wildman–Crippen MR) is 63.5 cm³/mol. The van der Waals surface area contributed by atoms with Crippen LogP contribution in [0.5, 0.6) is 0 Å². The van der Waals surface area contributed by atoms with Crippen molar-refractivity contribution in [2.75, 3.05) is 27.2 Å². The number of nitrogens with one attached hydrogen (secondary N) is 1. The quantitative estimate of drug-likeness (QED) is 0.752. The normalized spacial score (nSPS) is 28.9. The van der Waals surface area contributed by atoms with Gasteiger partial charge in [0.1, 0.15) is 0 Å². The summed E-state index contributed by atoms with van der Waals surface area (Å²) >= 11 is 0. The monoisotopic (exact) mass is 257 g/mol. The number of hydrogen-bond donors (Lipinski definition) is 1. The van der Waals surface area contributed by atoms with Gasteiger partial charge in [-0.15, -0.1) is 12.4 Å².